The molecule has 46 heavy (non-hydrogen) atoms. The number of piperazine rings is 1. The highest BCUT2D eigenvalue weighted by molar-refractivity contribution is 7.92. The van der Waals surface area contributed by atoms with Gasteiger partial charge >= 0.3 is 0 Å². The van der Waals surface area contributed by atoms with Gasteiger partial charge < -0.3 is 14.5 Å². The average molecular weight is 651 g/mol. The third-order valence-electron chi connectivity index (χ3n) is 7.64. The van der Waals surface area contributed by atoms with E-state index in [0.29, 0.717) is 61.1 Å². The van der Waals surface area contributed by atoms with Crippen LogP contribution in [0, 0.1) is 11.6 Å². The molecular weight excluding hydrogens is 618 g/mol. The monoisotopic (exact) mass is 650 g/mol. The summed E-state index contributed by atoms with van der Waals surface area (Å²) in [7, 11) is -1.89. The predicted molar refractivity (Wildman–Crippen MR) is 169 cm³/mol. The van der Waals surface area contributed by atoms with Crippen LogP contribution in [0.2, 0.25) is 0 Å². The summed E-state index contributed by atoms with van der Waals surface area (Å²) in [5, 5.41) is 0.733. The van der Waals surface area contributed by atoms with E-state index in [-0.39, 0.29) is 23.3 Å². The Hall–Kier alpha value is -4.98. The number of aromatic nitrogens is 3. The molecule has 0 aliphatic carbocycles. The van der Waals surface area contributed by atoms with E-state index >= 15 is 0 Å². The first-order chi connectivity index (χ1) is 22.0. The Balaban J connectivity index is 1.42. The van der Waals surface area contributed by atoms with E-state index in [1.165, 1.54) is 38.8 Å². The summed E-state index contributed by atoms with van der Waals surface area (Å²) in [6, 6.07) is 9.29. The Morgan fingerprint density at radius 2 is 1.74 bits per heavy atom. The maximum absolute atomic E-state index is 14.5. The predicted octanol–water partition coefficient (Wildman–Crippen LogP) is 4.38. The number of fused-ring (bicyclic) bond motifs is 1. The molecule has 5 rings (SSSR count). The van der Waals surface area contributed by atoms with Crippen molar-refractivity contribution in [2.45, 2.75) is 24.7 Å². The molecule has 0 bridgehead atoms. The minimum absolute atomic E-state index is 0.0147. The topological polar surface area (TPSA) is 126 Å². The number of carbonyl (C=O) groups excluding carboxylic acids is 2. The average Bonchev–Trinajstić information content (AvgIpc) is 3.06. The molecule has 0 spiro atoms. The van der Waals surface area contributed by atoms with Crippen molar-refractivity contribution in [1.29, 1.82) is 0 Å². The van der Waals surface area contributed by atoms with Crippen molar-refractivity contribution in [3.63, 3.8) is 0 Å². The highest BCUT2D eigenvalue weighted by Crippen LogP contribution is 2.36. The van der Waals surface area contributed by atoms with Gasteiger partial charge in [0.15, 0.2) is 5.78 Å². The van der Waals surface area contributed by atoms with Gasteiger partial charge in [-0.2, -0.15) is 0 Å². The highest BCUT2D eigenvalue weighted by Gasteiger charge is 2.28. The number of amides is 1. The maximum Gasteiger partial charge on any atom is 0.267 e. The summed E-state index contributed by atoms with van der Waals surface area (Å²) in [6.07, 6.45) is 6.79. The number of sulfonamides is 1. The van der Waals surface area contributed by atoms with E-state index in [4.69, 9.17) is 4.74 Å². The molecule has 4 aromatic rings. The van der Waals surface area contributed by atoms with Gasteiger partial charge in [-0.1, -0.05) is 13.0 Å². The number of allylic oxidation sites excluding steroid dienone is 1. The summed E-state index contributed by atoms with van der Waals surface area (Å²) in [4.78, 5) is 40.7. The molecule has 2 aromatic carbocycles. The van der Waals surface area contributed by atoms with Crippen molar-refractivity contribution in [3.05, 3.63) is 78.8 Å². The molecule has 1 fully saturated rings. The molecule has 1 aliphatic rings. The van der Waals surface area contributed by atoms with Gasteiger partial charge in [-0.3, -0.25) is 13.9 Å². The van der Waals surface area contributed by atoms with Crippen LogP contribution in [0.4, 0.5) is 20.3 Å². The van der Waals surface area contributed by atoms with Crippen LogP contribution in [0.1, 0.15) is 19.8 Å². The number of carbonyl (C=O) groups is 2. The Morgan fingerprint density at radius 3 is 2.43 bits per heavy atom. The zero-order valence-corrected chi connectivity index (χ0v) is 26.3. The third kappa shape index (κ3) is 6.66. The van der Waals surface area contributed by atoms with Crippen molar-refractivity contribution in [3.8, 4) is 17.0 Å². The van der Waals surface area contributed by atoms with Gasteiger partial charge in [-0.15, -0.1) is 0 Å². The molecule has 0 unspecified atom stereocenters. The number of hydrogen-bond donors (Lipinski definition) is 0. The molecule has 0 atom stereocenters. The largest absolute Gasteiger partial charge is 0.479 e. The molecule has 0 N–H and O–H groups in total. The van der Waals surface area contributed by atoms with Crippen molar-refractivity contribution in [2.24, 2.45) is 0 Å². The minimum atomic E-state index is -4.45. The minimum Gasteiger partial charge on any atom is -0.479 e. The summed E-state index contributed by atoms with van der Waals surface area (Å²) < 4.78 is 60.8. The molecule has 1 aliphatic heterocycles. The Bertz CT molecular complexity index is 1930. The van der Waals surface area contributed by atoms with Gasteiger partial charge in [0.25, 0.3) is 10.0 Å². The zero-order chi connectivity index (χ0) is 33.0. The van der Waals surface area contributed by atoms with Crippen molar-refractivity contribution in [2.75, 3.05) is 49.5 Å². The Kier molecular flexibility index (Phi) is 9.56. The lowest BCUT2D eigenvalue weighted by molar-refractivity contribution is -0.126. The van der Waals surface area contributed by atoms with Crippen molar-refractivity contribution in [1.82, 2.24) is 19.9 Å². The number of hydrogen-bond acceptors (Lipinski definition) is 9. The molecule has 240 valence electrons. The first-order valence-electron chi connectivity index (χ1n) is 14.5. The fourth-order valence-electron chi connectivity index (χ4n) is 5.16. The summed E-state index contributed by atoms with van der Waals surface area (Å²) in [5.41, 5.74) is 1.93. The van der Waals surface area contributed by atoms with Gasteiger partial charge in [0.2, 0.25) is 11.8 Å². The summed E-state index contributed by atoms with van der Waals surface area (Å²) >= 11 is 0. The highest BCUT2D eigenvalue weighted by atomic mass is 32.2. The summed E-state index contributed by atoms with van der Waals surface area (Å²) in [6.45, 7) is 3.81. The van der Waals surface area contributed by atoms with E-state index in [2.05, 4.69) is 19.9 Å². The van der Waals surface area contributed by atoms with Crippen LogP contribution in [0.25, 0.3) is 22.0 Å². The second kappa shape index (κ2) is 13.6. The lowest BCUT2D eigenvalue weighted by Gasteiger charge is -2.35. The van der Waals surface area contributed by atoms with Crippen LogP contribution in [-0.2, 0) is 19.6 Å². The number of benzene rings is 2. The van der Waals surface area contributed by atoms with E-state index in [0.717, 1.165) is 28.2 Å². The first kappa shape index (κ1) is 32.4. The number of methoxy groups -OCH3 is 1. The molecule has 11 nitrogen and oxygen atoms in total. The fourth-order valence-corrected chi connectivity index (χ4v) is 6.39. The van der Waals surface area contributed by atoms with Crippen LogP contribution < -0.4 is 13.9 Å². The third-order valence-corrected chi connectivity index (χ3v) is 9.45. The molecule has 0 radical (unpaired) electrons. The number of halogens is 2. The van der Waals surface area contributed by atoms with E-state index < -0.39 is 26.6 Å². The molecule has 0 saturated carbocycles. The summed E-state index contributed by atoms with van der Waals surface area (Å²) in [5.74, 6) is -1.76. The standard InChI is InChI=1S/C32H32F2N6O5S/c1-4-5-24(41)8-11-30(42)39-12-14-40(15-13-39)31-25-16-21(6-9-27(25)36-20-37-31)22-17-28(32(45-3)35-19-22)38(2)46(43,44)29-10-7-23(33)18-26(29)34/h6-11,16-20H,4-5,12-15H2,1-3H3. The Morgan fingerprint density at radius 1 is 0.978 bits per heavy atom. The van der Waals surface area contributed by atoms with Gasteiger partial charge in [-0.05, 0) is 48.4 Å². The molecule has 1 amide bonds. The quantitative estimate of drug-likeness (QED) is 0.230. The van der Waals surface area contributed by atoms with Crippen molar-refractivity contribution >= 4 is 44.1 Å². The smallest absolute Gasteiger partial charge is 0.267 e. The van der Waals surface area contributed by atoms with Gasteiger partial charge in [0.1, 0.15) is 34.4 Å². The fraction of sp³-hybridized carbons (Fsp3) is 0.281. The van der Waals surface area contributed by atoms with Gasteiger partial charge in [0, 0.05) is 68.9 Å². The van der Waals surface area contributed by atoms with E-state index in [1.807, 2.05) is 25.1 Å². The number of pyridine rings is 1. The molecule has 14 heteroatoms. The number of anilines is 2. The second-order valence-electron chi connectivity index (χ2n) is 10.6. The zero-order valence-electron chi connectivity index (χ0n) is 25.5. The van der Waals surface area contributed by atoms with Gasteiger partial charge in [0.05, 0.1) is 12.6 Å². The number of ether oxygens (including phenoxy) is 1. The number of rotatable bonds is 10. The molecule has 2 aromatic heterocycles. The lowest BCUT2D eigenvalue weighted by atomic mass is 10.0. The lowest BCUT2D eigenvalue weighted by Crippen LogP contribution is -2.48. The maximum atomic E-state index is 14.5. The normalized spacial score (nSPS) is 13.8. The molecule has 3 heterocycles. The number of nitrogens with zero attached hydrogens (tertiary/aromatic N) is 6. The van der Waals surface area contributed by atoms with E-state index in [9.17, 15) is 26.8 Å². The van der Waals surface area contributed by atoms with Crippen LogP contribution >= 0.6 is 0 Å². The number of ketones is 1. The first-order valence-corrected chi connectivity index (χ1v) is 16.0. The second-order valence-corrected chi connectivity index (χ2v) is 12.5. The molecule has 1 saturated heterocycles. The van der Waals surface area contributed by atoms with Crippen molar-refractivity contribution < 1.29 is 31.5 Å². The molecular formula is C32H32F2N6O5S. The van der Waals surface area contributed by atoms with Crippen LogP contribution in [0.5, 0.6) is 5.88 Å². The van der Waals surface area contributed by atoms with E-state index in [1.54, 1.807) is 11.0 Å². The van der Waals surface area contributed by atoms with Gasteiger partial charge in [-0.25, -0.2) is 32.2 Å². The van der Waals surface area contributed by atoms with Crippen LogP contribution in [0.15, 0.2) is 72.0 Å². The SMILES string of the molecule is CCCC(=O)C=CC(=O)N1CCN(c2ncnc3ccc(-c4cnc(OC)c(N(C)S(=O)(=O)c5ccc(F)cc5F)c4)cc23)CC1. The van der Waals surface area contributed by atoms with Crippen LogP contribution in [0.3, 0.4) is 0 Å². The Labute approximate surface area is 265 Å². The van der Waals surface area contributed by atoms with Crippen LogP contribution in [-0.4, -0.2) is 80.3 Å².